The first-order valence-corrected chi connectivity index (χ1v) is 7.39. The van der Waals surface area contributed by atoms with Gasteiger partial charge in [-0.3, -0.25) is 9.48 Å². The Hall–Kier alpha value is -1.43. The second-order valence-corrected chi connectivity index (χ2v) is 6.24. The highest BCUT2D eigenvalue weighted by molar-refractivity contribution is 5.92. The molecule has 1 aromatic heterocycles. The van der Waals surface area contributed by atoms with Crippen LogP contribution in [0.2, 0.25) is 0 Å². The van der Waals surface area contributed by atoms with Gasteiger partial charge in [0.15, 0.2) is 5.69 Å². The van der Waals surface area contributed by atoms with E-state index < -0.39 is 0 Å². The summed E-state index contributed by atoms with van der Waals surface area (Å²) in [4.78, 5) is 14.6. The molecule has 1 aliphatic rings. The average molecular weight is 279 g/mol. The van der Waals surface area contributed by atoms with Gasteiger partial charge in [0.05, 0.1) is 6.20 Å². The zero-order valence-corrected chi connectivity index (χ0v) is 12.7. The van der Waals surface area contributed by atoms with Gasteiger partial charge in [-0.05, 0) is 53.0 Å². The van der Waals surface area contributed by atoms with Crippen LogP contribution in [0.1, 0.15) is 56.9 Å². The van der Waals surface area contributed by atoms with Crippen molar-refractivity contribution in [2.75, 3.05) is 6.54 Å². The van der Waals surface area contributed by atoms with Crippen LogP contribution in [0.5, 0.6) is 0 Å². The van der Waals surface area contributed by atoms with E-state index in [1.807, 2.05) is 4.90 Å². The van der Waals surface area contributed by atoms with E-state index in [9.17, 15) is 4.79 Å². The lowest BCUT2D eigenvalue weighted by atomic mass is 10.0. The molecular formula is C14H25N5O. The van der Waals surface area contributed by atoms with Crippen molar-refractivity contribution < 1.29 is 4.79 Å². The van der Waals surface area contributed by atoms with Crippen molar-refractivity contribution >= 4 is 5.91 Å². The molecule has 1 aromatic rings. The van der Waals surface area contributed by atoms with Gasteiger partial charge < -0.3 is 10.6 Å². The Balaban J connectivity index is 2.06. The van der Waals surface area contributed by atoms with E-state index in [0.717, 1.165) is 32.2 Å². The van der Waals surface area contributed by atoms with Gasteiger partial charge in [-0.1, -0.05) is 5.21 Å². The fourth-order valence-electron chi connectivity index (χ4n) is 2.93. The van der Waals surface area contributed by atoms with Crippen LogP contribution in [0.25, 0.3) is 0 Å². The minimum Gasteiger partial charge on any atom is -0.330 e. The quantitative estimate of drug-likeness (QED) is 0.827. The number of carbonyl (C=O) groups excluding carboxylic acids is 1. The molecule has 2 N–H and O–H groups in total. The standard InChI is InChI=1S/C14H25N5O/c1-11-6-7-14(2,3)19(11)13(20)12-10-18(17-16-12)9-5-4-8-15/h10-11H,4-9,15H2,1-3H3. The third kappa shape index (κ3) is 3.00. The lowest BCUT2D eigenvalue weighted by molar-refractivity contribution is 0.0572. The van der Waals surface area contributed by atoms with Gasteiger partial charge in [0.2, 0.25) is 0 Å². The number of aromatic nitrogens is 3. The number of hydrogen-bond donors (Lipinski definition) is 1. The van der Waals surface area contributed by atoms with Gasteiger partial charge >= 0.3 is 0 Å². The number of carbonyl (C=O) groups is 1. The molecule has 0 bridgehead atoms. The Morgan fingerprint density at radius 3 is 2.85 bits per heavy atom. The number of nitrogens with zero attached hydrogens (tertiary/aromatic N) is 4. The molecular weight excluding hydrogens is 254 g/mol. The minimum absolute atomic E-state index is 0.00919. The van der Waals surface area contributed by atoms with Crippen molar-refractivity contribution in [2.45, 2.75) is 64.6 Å². The molecule has 1 saturated heterocycles. The van der Waals surface area contributed by atoms with Gasteiger partial charge in [-0.15, -0.1) is 5.10 Å². The molecule has 0 saturated carbocycles. The maximum absolute atomic E-state index is 12.6. The smallest absolute Gasteiger partial charge is 0.276 e. The molecule has 1 aliphatic heterocycles. The molecule has 6 heteroatoms. The van der Waals surface area contributed by atoms with Gasteiger partial charge in [0.25, 0.3) is 5.91 Å². The first-order valence-electron chi connectivity index (χ1n) is 7.39. The summed E-state index contributed by atoms with van der Waals surface area (Å²) in [5, 5.41) is 8.06. The number of rotatable bonds is 5. The number of hydrogen-bond acceptors (Lipinski definition) is 4. The topological polar surface area (TPSA) is 77.0 Å². The molecule has 112 valence electrons. The molecule has 0 spiro atoms. The van der Waals surface area contributed by atoms with Gasteiger partial charge in [0.1, 0.15) is 0 Å². The second-order valence-electron chi connectivity index (χ2n) is 6.24. The van der Waals surface area contributed by atoms with Crippen molar-refractivity contribution in [3.8, 4) is 0 Å². The SMILES string of the molecule is CC1CCC(C)(C)N1C(=O)c1cn(CCCCN)nn1. The van der Waals surface area contributed by atoms with Crippen molar-refractivity contribution in [1.82, 2.24) is 19.9 Å². The molecule has 1 atom stereocenters. The van der Waals surface area contributed by atoms with E-state index in [0.29, 0.717) is 12.2 Å². The maximum atomic E-state index is 12.6. The van der Waals surface area contributed by atoms with Crippen LogP contribution in [-0.2, 0) is 6.54 Å². The van der Waals surface area contributed by atoms with Crippen LogP contribution >= 0.6 is 0 Å². The second kappa shape index (κ2) is 5.91. The third-order valence-electron chi connectivity index (χ3n) is 4.08. The fourth-order valence-corrected chi connectivity index (χ4v) is 2.93. The van der Waals surface area contributed by atoms with Crippen LogP contribution in [-0.4, -0.2) is 43.9 Å². The maximum Gasteiger partial charge on any atom is 0.276 e. The number of amides is 1. The van der Waals surface area contributed by atoms with E-state index in [2.05, 4.69) is 31.1 Å². The largest absolute Gasteiger partial charge is 0.330 e. The number of unbranched alkanes of at least 4 members (excludes halogenated alkanes) is 1. The lowest BCUT2D eigenvalue weighted by Gasteiger charge is -2.34. The highest BCUT2D eigenvalue weighted by atomic mass is 16.2. The van der Waals surface area contributed by atoms with Crippen LogP contribution in [0.4, 0.5) is 0 Å². The summed E-state index contributed by atoms with van der Waals surface area (Å²) in [5.74, 6) is -0.00919. The molecule has 0 aliphatic carbocycles. The summed E-state index contributed by atoms with van der Waals surface area (Å²) in [6.07, 6.45) is 5.74. The Bertz CT molecular complexity index is 468. The first kappa shape index (κ1) is 15.0. The number of aryl methyl sites for hydroxylation is 1. The van der Waals surface area contributed by atoms with E-state index in [-0.39, 0.29) is 17.5 Å². The van der Waals surface area contributed by atoms with Crippen LogP contribution in [0.15, 0.2) is 6.20 Å². The van der Waals surface area contributed by atoms with Crippen molar-refractivity contribution in [2.24, 2.45) is 5.73 Å². The normalized spacial score (nSPS) is 21.4. The van der Waals surface area contributed by atoms with E-state index in [1.165, 1.54) is 0 Å². The zero-order valence-electron chi connectivity index (χ0n) is 12.7. The molecule has 0 aromatic carbocycles. The predicted molar refractivity (Wildman–Crippen MR) is 77.3 cm³/mol. The zero-order chi connectivity index (χ0) is 14.8. The van der Waals surface area contributed by atoms with E-state index in [1.54, 1.807) is 10.9 Å². The molecule has 20 heavy (non-hydrogen) atoms. The summed E-state index contributed by atoms with van der Waals surface area (Å²) >= 11 is 0. The molecule has 0 radical (unpaired) electrons. The molecule has 1 fully saturated rings. The lowest BCUT2D eigenvalue weighted by Crippen LogP contribution is -2.46. The molecule has 2 rings (SSSR count). The Kier molecular flexibility index (Phi) is 4.42. The van der Waals surface area contributed by atoms with Gasteiger partial charge in [-0.2, -0.15) is 0 Å². The van der Waals surface area contributed by atoms with Gasteiger partial charge in [-0.25, -0.2) is 0 Å². The predicted octanol–water partition coefficient (Wildman–Crippen LogP) is 1.42. The van der Waals surface area contributed by atoms with Gasteiger partial charge in [0, 0.05) is 18.1 Å². The van der Waals surface area contributed by atoms with Crippen LogP contribution in [0.3, 0.4) is 0 Å². The van der Waals surface area contributed by atoms with Crippen molar-refractivity contribution in [1.29, 1.82) is 0 Å². The molecule has 2 heterocycles. The Labute approximate surface area is 120 Å². The Morgan fingerprint density at radius 2 is 2.25 bits per heavy atom. The minimum atomic E-state index is -0.0974. The van der Waals surface area contributed by atoms with E-state index in [4.69, 9.17) is 5.73 Å². The van der Waals surface area contributed by atoms with Crippen LogP contribution < -0.4 is 5.73 Å². The summed E-state index contributed by atoms with van der Waals surface area (Å²) in [6, 6.07) is 0.264. The van der Waals surface area contributed by atoms with E-state index >= 15 is 0 Å². The van der Waals surface area contributed by atoms with Crippen LogP contribution in [0, 0.1) is 0 Å². The fraction of sp³-hybridized carbons (Fsp3) is 0.786. The number of likely N-dealkylation sites (tertiary alicyclic amines) is 1. The third-order valence-corrected chi connectivity index (χ3v) is 4.08. The van der Waals surface area contributed by atoms with Crippen molar-refractivity contribution in [3.63, 3.8) is 0 Å². The molecule has 1 amide bonds. The average Bonchev–Trinajstić information content (AvgIpc) is 2.95. The monoisotopic (exact) mass is 279 g/mol. The molecule has 6 nitrogen and oxygen atoms in total. The number of nitrogens with two attached hydrogens (primary N) is 1. The molecule has 1 unspecified atom stereocenters. The summed E-state index contributed by atoms with van der Waals surface area (Å²) in [5.41, 5.74) is 5.81. The summed E-state index contributed by atoms with van der Waals surface area (Å²) in [7, 11) is 0. The first-order chi connectivity index (χ1) is 9.45. The Morgan fingerprint density at radius 1 is 1.50 bits per heavy atom. The summed E-state index contributed by atoms with van der Waals surface area (Å²) < 4.78 is 1.73. The summed E-state index contributed by atoms with van der Waals surface area (Å²) in [6.45, 7) is 7.76. The van der Waals surface area contributed by atoms with Crippen molar-refractivity contribution in [3.05, 3.63) is 11.9 Å². The highest BCUT2D eigenvalue weighted by Gasteiger charge is 2.41. The highest BCUT2D eigenvalue weighted by Crippen LogP contribution is 2.34.